The van der Waals surface area contributed by atoms with E-state index < -0.39 is 17.6 Å². The lowest BCUT2D eigenvalue weighted by Crippen LogP contribution is -2.36. The molecule has 2 amide bonds. The van der Waals surface area contributed by atoms with Crippen molar-refractivity contribution in [1.29, 1.82) is 0 Å². The summed E-state index contributed by atoms with van der Waals surface area (Å²) >= 11 is 0.178. The Kier molecular flexibility index (Phi) is 6.10. The molecule has 0 aliphatic heterocycles. The molecule has 2 heterocycles. The van der Waals surface area contributed by atoms with Gasteiger partial charge in [0.2, 0.25) is 5.91 Å². The minimum Gasteiger partial charge on any atom is -0.467 e. The maximum absolute atomic E-state index is 12.4. The van der Waals surface area contributed by atoms with Gasteiger partial charge in [-0.05, 0) is 36.0 Å². The SMILES string of the molecule is O=C(CNC(=O)c1cccnc1SC(F)F)NCc1ccco1. The van der Waals surface area contributed by atoms with Crippen LogP contribution in [0.25, 0.3) is 0 Å². The fourth-order valence-corrected chi connectivity index (χ4v) is 2.24. The van der Waals surface area contributed by atoms with E-state index in [1.54, 1.807) is 12.1 Å². The van der Waals surface area contributed by atoms with Crippen LogP contribution in [0.5, 0.6) is 0 Å². The Labute approximate surface area is 134 Å². The van der Waals surface area contributed by atoms with E-state index in [1.807, 2.05) is 0 Å². The summed E-state index contributed by atoms with van der Waals surface area (Å²) in [6.07, 6.45) is 2.80. The molecule has 0 saturated carbocycles. The normalized spacial score (nSPS) is 10.6. The number of carbonyl (C=O) groups is 2. The maximum Gasteiger partial charge on any atom is 0.290 e. The van der Waals surface area contributed by atoms with Crippen molar-refractivity contribution in [3.63, 3.8) is 0 Å². The predicted octanol–water partition coefficient (Wildman–Crippen LogP) is 2.04. The van der Waals surface area contributed by atoms with Gasteiger partial charge in [0.15, 0.2) is 0 Å². The van der Waals surface area contributed by atoms with Crippen LogP contribution in [0.1, 0.15) is 16.1 Å². The summed E-state index contributed by atoms with van der Waals surface area (Å²) in [5.41, 5.74) is -0.00312. The van der Waals surface area contributed by atoms with Crippen LogP contribution in [0, 0.1) is 0 Å². The van der Waals surface area contributed by atoms with E-state index in [9.17, 15) is 18.4 Å². The van der Waals surface area contributed by atoms with Gasteiger partial charge in [-0.2, -0.15) is 8.78 Å². The van der Waals surface area contributed by atoms with Crippen molar-refractivity contribution in [2.24, 2.45) is 0 Å². The lowest BCUT2D eigenvalue weighted by molar-refractivity contribution is -0.120. The van der Waals surface area contributed by atoms with E-state index in [1.165, 1.54) is 24.6 Å². The van der Waals surface area contributed by atoms with Crippen molar-refractivity contribution in [2.45, 2.75) is 17.3 Å². The number of amides is 2. The van der Waals surface area contributed by atoms with Crippen molar-refractivity contribution in [3.8, 4) is 0 Å². The van der Waals surface area contributed by atoms with Gasteiger partial charge < -0.3 is 15.1 Å². The number of carbonyl (C=O) groups excluding carboxylic acids is 2. The smallest absolute Gasteiger partial charge is 0.290 e. The molecular weight excluding hydrogens is 328 g/mol. The second-order valence-corrected chi connectivity index (χ2v) is 5.25. The molecule has 6 nitrogen and oxygen atoms in total. The van der Waals surface area contributed by atoms with E-state index in [-0.39, 0.29) is 35.4 Å². The number of aromatic nitrogens is 1. The quantitative estimate of drug-likeness (QED) is 0.753. The number of nitrogens with one attached hydrogen (secondary N) is 2. The predicted molar refractivity (Wildman–Crippen MR) is 79.0 cm³/mol. The standard InChI is InChI=1S/C14H13F2N3O3S/c15-14(16)23-13-10(4-1-5-17-13)12(21)19-8-11(20)18-7-9-3-2-6-22-9/h1-6,14H,7-8H2,(H,18,20)(H,19,21). The zero-order valence-corrected chi connectivity index (χ0v) is 12.6. The van der Waals surface area contributed by atoms with Crippen LogP contribution in [-0.4, -0.2) is 29.1 Å². The minimum absolute atomic E-state index is 0.00312. The Morgan fingerprint density at radius 1 is 1.26 bits per heavy atom. The Morgan fingerprint density at radius 2 is 2.09 bits per heavy atom. The van der Waals surface area contributed by atoms with Crippen molar-refractivity contribution < 1.29 is 22.8 Å². The number of rotatable bonds is 7. The molecule has 2 N–H and O–H groups in total. The van der Waals surface area contributed by atoms with Crippen LogP contribution >= 0.6 is 11.8 Å². The lowest BCUT2D eigenvalue weighted by atomic mass is 10.2. The Hall–Kier alpha value is -2.42. The summed E-state index contributed by atoms with van der Waals surface area (Å²) in [7, 11) is 0. The molecule has 0 unspecified atom stereocenters. The summed E-state index contributed by atoms with van der Waals surface area (Å²) in [4.78, 5) is 27.4. The Bertz CT molecular complexity index is 665. The highest BCUT2D eigenvalue weighted by Gasteiger charge is 2.17. The van der Waals surface area contributed by atoms with Crippen LogP contribution in [0.15, 0.2) is 46.2 Å². The molecular formula is C14H13F2N3O3S. The first-order valence-corrected chi connectivity index (χ1v) is 7.41. The van der Waals surface area contributed by atoms with E-state index in [2.05, 4.69) is 15.6 Å². The van der Waals surface area contributed by atoms with Gasteiger partial charge in [-0.1, -0.05) is 0 Å². The van der Waals surface area contributed by atoms with Crippen LogP contribution in [0.2, 0.25) is 0 Å². The van der Waals surface area contributed by atoms with Crippen molar-refractivity contribution in [2.75, 3.05) is 6.54 Å². The van der Waals surface area contributed by atoms with Gasteiger partial charge in [0.25, 0.3) is 11.7 Å². The third-order valence-electron chi connectivity index (χ3n) is 2.67. The van der Waals surface area contributed by atoms with Crippen molar-refractivity contribution >= 4 is 23.6 Å². The highest BCUT2D eigenvalue weighted by Crippen LogP contribution is 2.26. The molecule has 0 fully saturated rings. The molecule has 2 aromatic rings. The lowest BCUT2D eigenvalue weighted by Gasteiger charge is -2.08. The zero-order valence-electron chi connectivity index (χ0n) is 11.8. The number of pyridine rings is 1. The highest BCUT2D eigenvalue weighted by atomic mass is 32.2. The van der Waals surface area contributed by atoms with Gasteiger partial charge in [-0.25, -0.2) is 4.98 Å². The van der Waals surface area contributed by atoms with E-state index >= 15 is 0 Å². The average Bonchev–Trinajstić information content (AvgIpc) is 3.04. The van der Waals surface area contributed by atoms with Crippen molar-refractivity contribution in [1.82, 2.24) is 15.6 Å². The summed E-state index contributed by atoms with van der Waals surface area (Å²) in [5.74, 6) is -3.18. The molecule has 122 valence electrons. The van der Waals surface area contributed by atoms with E-state index in [0.29, 0.717) is 5.76 Å². The monoisotopic (exact) mass is 341 g/mol. The molecule has 0 atom stereocenters. The number of halogens is 2. The van der Waals surface area contributed by atoms with Gasteiger partial charge in [-0.15, -0.1) is 0 Å². The first-order chi connectivity index (χ1) is 11.1. The first kappa shape index (κ1) is 16.9. The topological polar surface area (TPSA) is 84.2 Å². The molecule has 0 radical (unpaired) electrons. The van der Waals surface area contributed by atoms with Gasteiger partial charge >= 0.3 is 0 Å². The maximum atomic E-state index is 12.4. The van der Waals surface area contributed by atoms with Crippen molar-refractivity contribution in [3.05, 3.63) is 48.0 Å². The molecule has 2 aromatic heterocycles. The molecule has 2 rings (SSSR count). The van der Waals surface area contributed by atoms with Gasteiger partial charge in [0, 0.05) is 6.20 Å². The number of nitrogens with zero attached hydrogens (tertiary/aromatic N) is 1. The second-order valence-electron chi connectivity index (χ2n) is 4.27. The summed E-state index contributed by atoms with van der Waals surface area (Å²) in [5, 5.41) is 4.83. The number of hydrogen-bond donors (Lipinski definition) is 2. The number of hydrogen-bond acceptors (Lipinski definition) is 5. The molecule has 23 heavy (non-hydrogen) atoms. The second kappa shape index (κ2) is 8.28. The number of thioether (sulfide) groups is 1. The largest absolute Gasteiger partial charge is 0.467 e. The molecule has 0 aromatic carbocycles. The third-order valence-corrected chi connectivity index (χ3v) is 3.39. The molecule has 0 bridgehead atoms. The number of furan rings is 1. The minimum atomic E-state index is -2.69. The van der Waals surface area contributed by atoms with Gasteiger partial charge in [0.05, 0.1) is 24.9 Å². The number of alkyl halides is 2. The van der Waals surface area contributed by atoms with E-state index in [0.717, 1.165) is 0 Å². The first-order valence-electron chi connectivity index (χ1n) is 6.53. The Balaban J connectivity index is 1.85. The van der Waals surface area contributed by atoms with Gasteiger partial charge in [0.1, 0.15) is 10.8 Å². The Morgan fingerprint density at radius 3 is 2.78 bits per heavy atom. The fourth-order valence-electron chi connectivity index (χ4n) is 1.66. The molecule has 0 spiro atoms. The molecule has 9 heteroatoms. The highest BCUT2D eigenvalue weighted by molar-refractivity contribution is 7.99. The van der Waals surface area contributed by atoms with Crippen LogP contribution < -0.4 is 10.6 Å². The molecule has 0 saturated heterocycles. The molecule has 0 aliphatic rings. The zero-order chi connectivity index (χ0) is 16.7. The third kappa shape index (κ3) is 5.37. The van der Waals surface area contributed by atoms with Gasteiger partial charge in [-0.3, -0.25) is 9.59 Å². The summed E-state index contributed by atoms with van der Waals surface area (Å²) in [6, 6.07) is 6.21. The van der Waals surface area contributed by atoms with E-state index in [4.69, 9.17) is 4.42 Å². The summed E-state index contributed by atoms with van der Waals surface area (Å²) in [6.45, 7) is -0.0890. The molecule has 0 aliphatic carbocycles. The summed E-state index contributed by atoms with van der Waals surface area (Å²) < 4.78 is 29.9. The van der Waals surface area contributed by atoms with Crippen LogP contribution in [0.3, 0.4) is 0 Å². The fraction of sp³-hybridized carbons (Fsp3) is 0.214. The van der Waals surface area contributed by atoms with Crippen LogP contribution in [-0.2, 0) is 11.3 Å². The average molecular weight is 341 g/mol. The van der Waals surface area contributed by atoms with Crippen LogP contribution in [0.4, 0.5) is 8.78 Å².